The second kappa shape index (κ2) is 5.04. The molecule has 1 aromatic carbocycles. The van der Waals surface area contributed by atoms with Gasteiger partial charge in [-0.2, -0.15) is 0 Å². The monoisotopic (exact) mass is 260 g/mol. The van der Waals surface area contributed by atoms with Gasteiger partial charge in [0.25, 0.3) is 0 Å². The van der Waals surface area contributed by atoms with Crippen molar-refractivity contribution < 1.29 is 4.74 Å². The Hall–Kier alpha value is -1.22. The highest BCUT2D eigenvalue weighted by atomic mass is 16.5. The minimum absolute atomic E-state index is 0.318. The fourth-order valence-corrected chi connectivity index (χ4v) is 3.22. The quantitative estimate of drug-likeness (QED) is 0.840. The van der Waals surface area contributed by atoms with Crippen LogP contribution in [-0.2, 0) is 11.2 Å². The third-order valence-electron chi connectivity index (χ3n) is 4.12. The maximum Gasteiger partial charge on any atom is 0.0726 e. The number of nitrogens with zero attached hydrogens (tertiary/aromatic N) is 1. The van der Waals surface area contributed by atoms with Crippen LogP contribution in [-0.4, -0.2) is 31.3 Å². The number of ether oxygens (including phenoxy) is 1. The van der Waals surface area contributed by atoms with Crippen molar-refractivity contribution >= 4 is 11.4 Å². The standard InChI is InChI=1S/C16H24N2O/c1-11-4-5-14-8-15(6-7-16(14)17-11)18-9-12(2)19-13(3)10-18/h6-8,11-13,17H,4-5,9-10H2,1-3H3. The molecule has 0 bridgehead atoms. The molecule has 1 N–H and O–H groups in total. The van der Waals surface area contributed by atoms with Crippen LogP contribution < -0.4 is 10.2 Å². The summed E-state index contributed by atoms with van der Waals surface area (Å²) >= 11 is 0. The average Bonchev–Trinajstić information content (AvgIpc) is 2.37. The molecule has 1 fully saturated rings. The van der Waals surface area contributed by atoms with E-state index in [1.165, 1.54) is 29.8 Å². The van der Waals surface area contributed by atoms with E-state index in [0.717, 1.165) is 13.1 Å². The highest BCUT2D eigenvalue weighted by molar-refractivity contribution is 5.62. The second-order valence-corrected chi connectivity index (χ2v) is 6.09. The molecule has 0 saturated carbocycles. The summed E-state index contributed by atoms with van der Waals surface area (Å²) < 4.78 is 5.81. The van der Waals surface area contributed by atoms with E-state index >= 15 is 0 Å². The number of rotatable bonds is 1. The molecule has 2 aliphatic rings. The van der Waals surface area contributed by atoms with Crippen LogP contribution >= 0.6 is 0 Å². The van der Waals surface area contributed by atoms with Gasteiger partial charge in [-0.05, 0) is 57.4 Å². The number of aryl methyl sites for hydroxylation is 1. The number of fused-ring (bicyclic) bond motifs is 1. The maximum absolute atomic E-state index is 5.81. The third kappa shape index (κ3) is 2.71. The first-order valence-corrected chi connectivity index (χ1v) is 7.41. The summed E-state index contributed by atoms with van der Waals surface area (Å²) in [5, 5.41) is 3.56. The van der Waals surface area contributed by atoms with Crippen molar-refractivity contribution in [3.05, 3.63) is 23.8 Å². The lowest BCUT2D eigenvalue weighted by Crippen LogP contribution is -2.45. The van der Waals surface area contributed by atoms with Crippen LogP contribution in [0.2, 0.25) is 0 Å². The van der Waals surface area contributed by atoms with Gasteiger partial charge in [0.05, 0.1) is 12.2 Å². The first-order valence-electron chi connectivity index (χ1n) is 7.41. The normalized spacial score (nSPS) is 30.7. The van der Waals surface area contributed by atoms with Gasteiger partial charge in [-0.1, -0.05) is 0 Å². The molecule has 3 unspecified atom stereocenters. The van der Waals surface area contributed by atoms with Crippen molar-refractivity contribution in [2.24, 2.45) is 0 Å². The highest BCUT2D eigenvalue weighted by Gasteiger charge is 2.23. The number of nitrogens with one attached hydrogen (secondary N) is 1. The molecular weight excluding hydrogens is 236 g/mol. The fraction of sp³-hybridized carbons (Fsp3) is 0.625. The molecule has 0 amide bonds. The topological polar surface area (TPSA) is 24.5 Å². The van der Waals surface area contributed by atoms with Crippen LogP contribution in [0.4, 0.5) is 11.4 Å². The van der Waals surface area contributed by atoms with Gasteiger partial charge < -0.3 is 15.0 Å². The van der Waals surface area contributed by atoms with Gasteiger partial charge in [0.2, 0.25) is 0 Å². The summed E-state index contributed by atoms with van der Waals surface area (Å²) in [4.78, 5) is 2.46. The Bertz CT molecular complexity index is 450. The zero-order chi connectivity index (χ0) is 13.4. The molecule has 3 atom stereocenters. The van der Waals surface area contributed by atoms with Crippen LogP contribution in [0.3, 0.4) is 0 Å². The highest BCUT2D eigenvalue weighted by Crippen LogP contribution is 2.30. The van der Waals surface area contributed by atoms with E-state index in [1.54, 1.807) is 0 Å². The predicted octanol–water partition coefficient (Wildman–Crippen LogP) is 3.05. The molecular formula is C16H24N2O. The average molecular weight is 260 g/mol. The minimum atomic E-state index is 0.318. The van der Waals surface area contributed by atoms with Crippen molar-refractivity contribution in [3.8, 4) is 0 Å². The molecule has 3 nitrogen and oxygen atoms in total. The minimum Gasteiger partial charge on any atom is -0.382 e. The summed E-state index contributed by atoms with van der Waals surface area (Å²) in [5.74, 6) is 0. The summed E-state index contributed by atoms with van der Waals surface area (Å²) in [6.07, 6.45) is 3.05. The molecule has 0 aliphatic carbocycles. The first kappa shape index (κ1) is 12.8. The summed E-state index contributed by atoms with van der Waals surface area (Å²) in [5.41, 5.74) is 4.12. The van der Waals surface area contributed by atoms with Crippen molar-refractivity contribution in [2.75, 3.05) is 23.3 Å². The van der Waals surface area contributed by atoms with Crippen molar-refractivity contribution in [3.63, 3.8) is 0 Å². The van der Waals surface area contributed by atoms with E-state index in [2.05, 4.69) is 49.2 Å². The van der Waals surface area contributed by atoms with E-state index in [1.807, 2.05) is 0 Å². The first-order chi connectivity index (χ1) is 9.11. The van der Waals surface area contributed by atoms with Crippen molar-refractivity contribution in [1.82, 2.24) is 0 Å². The Morgan fingerprint density at radius 3 is 2.63 bits per heavy atom. The molecule has 0 radical (unpaired) electrons. The van der Waals surface area contributed by atoms with Crippen LogP contribution in [0, 0.1) is 0 Å². The van der Waals surface area contributed by atoms with E-state index in [-0.39, 0.29) is 0 Å². The van der Waals surface area contributed by atoms with Gasteiger partial charge in [-0.3, -0.25) is 0 Å². The van der Waals surface area contributed by atoms with E-state index in [9.17, 15) is 0 Å². The summed E-state index contributed by atoms with van der Waals surface area (Å²) in [6.45, 7) is 8.55. The molecule has 3 heteroatoms. The molecule has 1 saturated heterocycles. The zero-order valence-corrected chi connectivity index (χ0v) is 12.1. The number of hydrogen-bond donors (Lipinski definition) is 1. The number of benzene rings is 1. The van der Waals surface area contributed by atoms with E-state index < -0.39 is 0 Å². The number of hydrogen-bond acceptors (Lipinski definition) is 3. The second-order valence-electron chi connectivity index (χ2n) is 6.09. The van der Waals surface area contributed by atoms with E-state index in [4.69, 9.17) is 4.74 Å². The van der Waals surface area contributed by atoms with Gasteiger partial charge >= 0.3 is 0 Å². The van der Waals surface area contributed by atoms with Crippen LogP contribution in [0.1, 0.15) is 32.8 Å². The summed E-state index contributed by atoms with van der Waals surface area (Å²) in [7, 11) is 0. The zero-order valence-electron chi connectivity index (χ0n) is 12.1. The molecule has 3 rings (SSSR count). The van der Waals surface area contributed by atoms with Crippen LogP contribution in [0.5, 0.6) is 0 Å². The van der Waals surface area contributed by atoms with Gasteiger partial charge in [0, 0.05) is 30.5 Å². The Labute approximate surface area is 115 Å². The number of morpholine rings is 1. The van der Waals surface area contributed by atoms with Gasteiger partial charge in [-0.25, -0.2) is 0 Å². The molecule has 0 spiro atoms. The molecule has 2 heterocycles. The lowest BCUT2D eigenvalue weighted by molar-refractivity contribution is -0.00521. The maximum atomic E-state index is 5.81. The lowest BCUT2D eigenvalue weighted by atomic mass is 9.98. The predicted molar refractivity (Wildman–Crippen MR) is 80.1 cm³/mol. The Morgan fingerprint density at radius 2 is 1.89 bits per heavy atom. The molecule has 0 aromatic heterocycles. The van der Waals surface area contributed by atoms with Crippen molar-refractivity contribution in [1.29, 1.82) is 0 Å². The largest absolute Gasteiger partial charge is 0.382 e. The van der Waals surface area contributed by atoms with Gasteiger partial charge in [-0.15, -0.1) is 0 Å². The Kier molecular flexibility index (Phi) is 3.40. The SMILES string of the molecule is CC1CCc2cc(N3CC(C)OC(C)C3)ccc2N1. The Morgan fingerprint density at radius 1 is 1.16 bits per heavy atom. The molecule has 2 aliphatic heterocycles. The molecule has 19 heavy (non-hydrogen) atoms. The third-order valence-corrected chi connectivity index (χ3v) is 4.12. The lowest BCUT2D eigenvalue weighted by Gasteiger charge is -2.37. The van der Waals surface area contributed by atoms with E-state index in [0.29, 0.717) is 18.2 Å². The van der Waals surface area contributed by atoms with Gasteiger partial charge in [0.1, 0.15) is 0 Å². The van der Waals surface area contributed by atoms with Crippen LogP contribution in [0.25, 0.3) is 0 Å². The number of anilines is 2. The van der Waals surface area contributed by atoms with Gasteiger partial charge in [0.15, 0.2) is 0 Å². The van der Waals surface area contributed by atoms with Crippen molar-refractivity contribution in [2.45, 2.75) is 51.9 Å². The summed E-state index contributed by atoms with van der Waals surface area (Å²) in [6, 6.07) is 7.44. The Balaban J connectivity index is 1.82. The molecule has 104 valence electrons. The van der Waals surface area contributed by atoms with Crippen LogP contribution in [0.15, 0.2) is 18.2 Å². The molecule has 1 aromatic rings. The fourth-order valence-electron chi connectivity index (χ4n) is 3.22. The smallest absolute Gasteiger partial charge is 0.0726 e.